The number of ether oxygens (including phenoxy) is 1. The smallest absolute Gasteiger partial charge is 0.254 e. The molecule has 2 heterocycles. The fraction of sp³-hybridized carbons (Fsp3) is 0.458. The van der Waals surface area contributed by atoms with Crippen molar-refractivity contribution in [2.45, 2.75) is 122 Å². The Kier molecular flexibility index (Phi) is 24.9. The Bertz CT molecular complexity index is 2810. The molecule has 19 heteroatoms. The second kappa shape index (κ2) is 30.2. The summed E-state index contributed by atoms with van der Waals surface area (Å²) in [6.45, 7) is 11.1. The molecular formula is C59H79Cl2FN8O8. The molecule has 2 aliphatic rings. The van der Waals surface area contributed by atoms with Crippen molar-refractivity contribution in [3.63, 3.8) is 0 Å². The number of hydrogen-bond donors (Lipinski definition) is 7. The van der Waals surface area contributed by atoms with E-state index in [0.29, 0.717) is 63.8 Å². The average molecular weight is 1120 g/mol. The van der Waals surface area contributed by atoms with E-state index in [1.165, 1.54) is 13.2 Å². The van der Waals surface area contributed by atoms with Crippen molar-refractivity contribution in [1.82, 2.24) is 36.4 Å². The van der Waals surface area contributed by atoms with Gasteiger partial charge in [-0.3, -0.25) is 28.8 Å². The largest absolute Gasteiger partial charge is 0.390 e. The number of likely N-dealkylation sites (tertiary alicyclic amines) is 2. The Hall–Kier alpha value is -6.21. The molecule has 2 aliphatic heterocycles. The van der Waals surface area contributed by atoms with Crippen LogP contribution in [0.4, 0.5) is 4.39 Å². The van der Waals surface area contributed by atoms with Gasteiger partial charge in [-0.15, -0.1) is 24.8 Å². The molecule has 7 rings (SSSR count). The summed E-state index contributed by atoms with van der Waals surface area (Å²) in [5.74, 6) is -2.03. The summed E-state index contributed by atoms with van der Waals surface area (Å²) in [5, 5.41) is 29.2. The van der Waals surface area contributed by atoms with Crippen molar-refractivity contribution in [3.8, 4) is 0 Å². The van der Waals surface area contributed by atoms with Crippen molar-refractivity contribution < 1.29 is 43.0 Å². The van der Waals surface area contributed by atoms with Gasteiger partial charge in [0.15, 0.2) is 0 Å². The topological polar surface area (TPSA) is 225 Å². The summed E-state index contributed by atoms with van der Waals surface area (Å²) < 4.78 is 19.2. The number of carbonyl (C=O) groups excluding carboxylic acids is 6. The van der Waals surface area contributed by atoms with Crippen LogP contribution in [0.1, 0.15) is 83.4 Å². The second-order valence-corrected chi connectivity index (χ2v) is 21.2. The van der Waals surface area contributed by atoms with Crippen molar-refractivity contribution in [2.75, 3.05) is 46.4 Å². The van der Waals surface area contributed by atoms with Gasteiger partial charge >= 0.3 is 0 Å². The molecule has 8 N–H and O–H groups in total. The maximum Gasteiger partial charge on any atom is 0.254 e. The predicted molar refractivity (Wildman–Crippen MR) is 307 cm³/mol. The van der Waals surface area contributed by atoms with Gasteiger partial charge < -0.3 is 52.0 Å². The molecule has 78 heavy (non-hydrogen) atoms. The predicted octanol–water partition coefficient (Wildman–Crippen LogP) is 5.90. The molecule has 0 radical (unpaired) electrons. The highest BCUT2D eigenvalue weighted by molar-refractivity contribution is 5.95. The monoisotopic (exact) mass is 1120 g/mol. The number of aliphatic hydroxyl groups is 1. The number of nitrogens with two attached hydrogens (primary N) is 1. The fourth-order valence-electron chi connectivity index (χ4n) is 9.45. The van der Waals surface area contributed by atoms with Gasteiger partial charge in [-0.25, -0.2) is 4.39 Å². The van der Waals surface area contributed by atoms with Gasteiger partial charge in [-0.05, 0) is 91.2 Å². The lowest BCUT2D eigenvalue weighted by Crippen LogP contribution is -2.56. The van der Waals surface area contributed by atoms with E-state index in [4.69, 9.17) is 10.5 Å². The normalized spacial score (nSPS) is 16.4. The minimum Gasteiger partial charge on any atom is -0.390 e. The number of hydrogen-bond acceptors (Lipinski definition) is 10. The second-order valence-electron chi connectivity index (χ2n) is 21.2. The molecular weight excluding hydrogens is 1040 g/mol. The molecule has 5 aromatic rings. The van der Waals surface area contributed by atoms with Gasteiger partial charge in [0.05, 0.1) is 6.10 Å². The molecule has 1 unspecified atom stereocenters. The zero-order valence-electron chi connectivity index (χ0n) is 45.6. The first kappa shape index (κ1) is 64.3. The summed E-state index contributed by atoms with van der Waals surface area (Å²) in [4.78, 5) is 82.3. The van der Waals surface area contributed by atoms with Gasteiger partial charge in [0.1, 0.15) is 35.6 Å². The maximum atomic E-state index is 13.8. The Morgan fingerprint density at radius 3 is 1.63 bits per heavy atom. The number of benzene rings is 5. The maximum absolute atomic E-state index is 13.8. The first-order chi connectivity index (χ1) is 36.3. The number of halogens is 3. The first-order valence-electron chi connectivity index (χ1n) is 26.4. The van der Waals surface area contributed by atoms with Crippen molar-refractivity contribution in [3.05, 3.63) is 132 Å². The standard InChI is InChI=1S/C33H41FN4O4.C26H36N4O4.2ClH/c1-33(2,3)32(42)38-16-8-13-29(38)31(41)37-28(18-22-14-15-23-9-4-5-10-24(23)17-22)30(40)36-21-26(39)20-35-19-25-11-6-7-12-27(25)34;1-26(2,34-3)25(33)30-15-6-10-22(30)24(32)29-21(23(31)28-14-7-13-27)17-18-11-12-19-8-4-5-9-20(19)16-18;;/h4-7,9-12,14-15,17,26,28-29,35,39H,8,13,16,18-21H2,1-3H3,(H,36,40)(H,37,41);4-5,8-9,11-12,16,21-22H,6-7,10,13-15,17,27H2,1-3H3,(H,28,31)(H,29,32);2*1H/t26?,28-,29+;21-,22+;;/m11../s1. The minimum absolute atomic E-state index is 0. The molecule has 5 aromatic carbocycles. The summed E-state index contributed by atoms with van der Waals surface area (Å²) in [7, 11) is 1.48. The third kappa shape index (κ3) is 17.9. The lowest BCUT2D eigenvalue weighted by molar-refractivity contribution is -0.154. The molecule has 2 fully saturated rings. The molecule has 2 saturated heterocycles. The Balaban J connectivity index is 0.000000335. The molecule has 0 spiro atoms. The van der Waals surface area contributed by atoms with Crippen LogP contribution in [0, 0.1) is 11.2 Å². The number of nitrogens with zero attached hydrogens (tertiary/aromatic N) is 2. The zero-order chi connectivity index (χ0) is 55.0. The van der Waals surface area contributed by atoms with Crippen molar-refractivity contribution >= 4 is 81.8 Å². The van der Waals surface area contributed by atoms with E-state index in [1.807, 2.05) is 106 Å². The highest BCUT2D eigenvalue weighted by Crippen LogP contribution is 2.27. The number of aliphatic hydroxyl groups excluding tert-OH is 1. The van der Waals surface area contributed by atoms with Crippen LogP contribution in [0.3, 0.4) is 0 Å². The van der Waals surface area contributed by atoms with Crippen LogP contribution in [0.2, 0.25) is 0 Å². The summed E-state index contributed by atoms with van der Waals surface area (Å²) in [6, 6.07) is 31.3. The SMILES string of the molecule is CC(C)(C)C(=O)N1CCC[C@H]1C(=O)N[C@H](Cc1ccc2ccccc2c1)C(=O)NCC(O)CNCc1ccccc1F.COC(C)(C)C(=O)N1CCC[C@H]1C(=O)N[C@H](Cc1ccc2ccccc2c1)C(=O)NCCCN.Cl.Cl. The van der Waals surface area contributed by atoms with Crippen LogP contribution >= 0.6 is 24.8 Å². The quantitative estimate of drug-likeness (QED) is 0.0431. The number of fused-ring (bicyclic) bond motifs is 2. The van der Waals surface area contributed by atoms with E-state index in [-0.39, 0.29) is 86.2 Å². The molecule has 0 aromatic heterocycles. The first-order valence-corrected chi connectivity index (χ1v) is 26.4. The van der Waals surface area contributed by atoms with Gasteiger partial charge in [-0.1, -0.05) is 124 Å². The Morgan fingerprint density at radius 1 is 0.667 bits per heavy atom. The molecule has 6 amide bonds. The van der Waals surface area contributed by atoms with Gasteiger partial charge in [0, 0.05) is 70.2 Å². The summed E-state index contributed by atoms with van der Waals surface area (Å²) in [6.07, 6.45) is 2.83. The van der Waals surface area contributed by atoms with E-state index in [1.54, 1.807) is 41.8 Å². The number of amides is 6. The molecule has 0 aliphatic carbocycles. The minimum atomic E-state index is -1.02. The zero-order valence-corrected chi connectivity index (χ0v) is 47.3. The number of carbonyl (C=O) groups is 6. The number of rotatable bonds is 21. The summed E-state index contributed by atoms with van der Waals surface area (Å²) in [5.41, 5.74) is 6.20. The summed E-state index contributed by atoms with van der Waals surface area (Å²) >= 11 is 0. The Morgan fingerprint density at radius 2 is 1.14 bits per heavy atom. The molecule has 424 valence electrons. The molecule has 0 saturated carbocycles. The third-order valence-electron chi connectivity index (χ3n) is 13.9. The van der Waals surface area contributed by atoms with Gasteiger partial charge in [0.25, 0.3) is 5.91 Å². The van der Waals surface area contributed by atoms with Crippen LogP contribution in [0.5, 0.6) is 0 Å². The number of nitrogens with one attached hydrogen (secondary N) is 5. The van der Waals surface area contributed by atoms with Crippen LogP contribution in [0.15, 0.2) is 109 Å². The van der Waals surface area contributed by atoms with E-state index in [0.717, 1.165) is 39.1 Å². The molecule has 0 bridgehead atoms. The fourth-order valence-corrected chi connectivity index (χ4v) is 9.45. The van der Waals surface area contributed by atoms with Gasteiger partial charge in [0.2, 0.25) is 29.5 Å². The van der Waals surface area contributed by atoms with Crippen LogP contribution < -0.4 is 32.3 Å². The lowest BCUT2D eigenvalue weighted by Gasteiger charge is -2.32. The van der Waals surface area contributed by atoms with E-state index in [9.17, 15) is 38.3 Å². The van der Waals surface area contributed by atoms with Crippen LogP contribution in [-0.4, -0.2) is 133 Å². The third-order valence-corrected chi connectivity index (χ3v) is 13.9. The molecule has 5 atom stereocenters. The van der Waals surface area contributed by atoms with Crippen LogP contribution in [0.25, 0.3) is 21.5 Å². The molecule has 16 nitrogen and oxygen atoms in total. The number of methoxy groups -OCH3 is 1. The highest BCUT2D eigenvalue weighted by Gasteiger charge is 2.42. The average Bonchev–Trinajstić information content (AvgIpc) is 4.15. The van der Waals surface area contributed by atoms with Crippen molar-refractivity contribution in [2.24, 2.45) is 11.1 Å². The van der Waals surface area contributed by atoms with Gasteiger partial charge in [-0.2, -0.15) is 0 Å². The Labute approximate surface area is 470 Å². The van der Waals surface area contributed by atoms with Crippen LogP contribution in [-0.2, 0) is 52.9 Å². The lowest BCUT2D eigenvalue weighted by atomic mass is 9.94. The highest BCUT2D eigenvalue weighted by atomic mass is 35.5. The van der Waals surface area contributed by atoms with E-state index < -0.39 is 47.2 Å². The van der Waals surface area contributed by atoms with E-state index >= 15 is 0 Å². The van der Waals surface area contributed by atoms with Crippen molar-refractivity contribution in [1.29, 1.82) is 0 Å². The van der Waals surface area contributed by atoms with E-state index in [2.05, 4.69) is 26.6 Å².